The molecular weight excluding hydrogens is 412 g/mol. The second kappa shape index (κ2) is 8.17. The average molecular weight is 439 g/mol. The van der Waals surface area contributed by atoms with Crippen molar-refractivity contribution in [2.45, 2.75) is 27.3 Å². The van der Waals surface area contributed by atoms with Crippen molar-refractivity contribution in [3.05, 3.63) is 88.2 Å². The van der Waals surface area contributed by atoms with Crippen molar-refractivity contribution >= 4 is 33.4 Å². The SMILES string of the molecule is CCn1c(=O)c2c(-c3cccc(OC)c3)c(Nc3ccc(C)cc3C)oc2c2ccccc21. The topological polar surface area (TPSA) is 56.4 Å². The van der Waals surface area contributed by atoms with E-state index in [0.717, 1.165) is 39.0 Å². The molecule has 0 radical (unpaired) electrons. The van der Waals surface area contributed by atoms with E-state index in [1.807, 2.05) is 61.5 Å². The molecule has 5 rings (SSSR count). The lowest BCUT2D eigenvalue weighted by Gasteiger charge is -2.11. The number of nitrogens with one attached hydrogen (secondary N) is 1. The molecule has 0 fully saturated rings. The molecule has 0 aliphatic rings. The van der Waals surface area contributed by atoms with Gasteiger partial charge in [-0.2, -0.15) is 0 Å². The number of aromatic nitrogens is 1. The third-order valence-corrected chi connectivity index (χ3v) is 6.11. The quantitative estimate of drug-likeness (QED) is 0.328. The molecule has 166 valence electrons. The highest BCUT2D eigenvalue weighted by Crippen LogP contribution is 2.42. The van der Waals surface area contributed by atoms with Crippen molar-refractivity contribution in [1.29, 1.82) is 0 Å². The summed E-state index contributed by atoms with van der Waals surface area (Å²) in [4.78, 5) is 13.7. The van der Waals surface area contributed by atoms with Gasteiger partial charge in [0.25, 0.3) is 5.56 Å². The average Bonchev–Trinajstić information content (AvgIpc) is 3.21. The minimum Gasteiger partial charge on any atom is -0.497 e. The Kier molecular flexibility index (Phi) is 5.17. The Balaban J connectivity index is 1.88. The molecule has 5 nitrogen and oxygen atoms in total. The molecule has 1 N–H and O–H groups in total. The van der Waals surface area contributed by atoms with Crippen molar-refractivity contribution in [3.63, 3.8) is 0 Å². The highest BCUT2D eigenvalue weighted by molar-refractivity contribution is 6.11. The lowest BCUT2D eigenvalue weighted by molar-refractivity contribution is 0.415. The van der Waals surface area contributed by atoms with Crippen LogP contribution in [0.1, 0.15) is 18.1 Å². The number of fused-ring (bicyclic) bond motifs is 3. The van der Waals surface area contributed by atoms with Gasteiger partial charge < -0.3 is 19.0 Å². The van der Waals surface area contributed by atoms with Crippen LogP contribution in [0.3, 0.4) is 0 Å². The van der Waals surface area contributed by atoms with Gasteiger partial charge in [0.05, 0.1) is 23.6 Å². The zero-order valence-electron chi connectivity index (χ0n) is 19.2. The van der Waals surface area contributed by atoms with Crippen molar-refractivity contribution in [1.82, 2.24) is 4.57 Å². The number of anilines is 2. The van der Waals surface area contributed by atoms with Crippen molar-refractivity contribution in [2.75, 3.05) is 12.4 Å². The largest absolute Gasteiger partial charge is 0.497 e. The van der Waals surface area contributed by atoms with Crippen LogP contribution in [0.2, 0.25) is 0 Å². The summed E-state index contributed by atoms with van der Waals surface area (Å²) in [6, 6.07) is 21.8. The first-order chi connectivity index (χ1) is 16.0. The van der Waals surface area contributed by atoms with Crippen LogP contribution in [0.15, 0.2) is 75.9 Å². The molecule has 0 atom stereocenters. The van der Waals surface area contributed by atoms with Gasteiger partial charge >= 0.3 is 0 Å². The molecule has 0 saturated heterocycles. The number of nitrogens with zero attached hydrogens (tertiary/aromatic N) is 1. The maximum Gasteiger partial charge on any atom is 0.262 e. The van der Waals surface area contributed by atoms with E-state index in [4.69, 9.17) is 9.15 Å². The zero-order chi connectivity index (χ0) is 23.1. The first kappa shape index (κ1) is 20.9. The van der Waals surface area contributed by atoms with Gasteiger partial charge in [-0.3, -0.25) is 4.79 Å². The number of ether oxygens (including phenoxy) is 1. The summed E-state index contributed by atoms with van der Waals surface area (Å²) in [5.74, 6) is 1.26. The van der Waals surface area contributed by atoms with E-state index in [-0.39, 0.29) is 5.56 Å². The molecule has 0 unspecified atom stereocenters. The number of hydrogen-bond acceptors (Lipinski definition) is 4. The molecule has 0 aliphatic heterocycles. The summed E-state index contributed by atoms with van der Waals surface area (Å²) >= 11 is 0. The molecule has 0 spiro atoms. The minimum atomic E-state index is -0.0681. The van der Waals surface area contributed by atoms with Crippen LogP contribution in [0.25, 0.3) is 33.0 Å². The van der Waals surface area contributed by atoms with E-state index in [0.29, 0.717) is 23.4 Å². The molecule has 2 aromatic heterocycles. The fourth-order valence-electron chi connectivity index (χ4n) is 4.50. The summed E-state index contributed by atoms with van der Waals surface area (Å²) < 4.78 is 13.7. The fraction of sp³-hybridized carbons (Fsp3) is 0.179. The summed E-state index contributed by atoms with van der Waals surface area (Å²) in [5.41, 5.74) is 6.20. The molecule has 3 aromatic carbocycles. The van der Waals surface area contributed by atoms with E-state index in [9.17, 15) is 4.79 Å². The van der Waals surface area contributed by atoms with Crippen LogP contribution >= 0.6 is 0 Å². The Morgan fingerprint density at radius 3 is 2.58 bits per heavy atom. The predicted molar refractivity (Wildman–Crippen MR) is 135 cm³/mol. The van der Waals surface area contributed by atoms with Crippen LogP contribution in [0, 0.1) is 13.8 Å². The molecule has 0 aliphatic carbocycles. The molecular formula is C28H26N2O3. The highest BCUT2D eigenvalue weighted by atomic mass is 16.5. The number of methoxy groups -OCH3 is 1. The Morgan fingerprint density at radius 1 is 1.00 bits per heavy atom. The number of furan rings is 1. The summed E-state index contributed by atoms with van der Waals surface area (Å²) in [7, 11) is 1.64. The summed E-state index contributed by atoms with van der Waals surface area (Å²) in [6.07, 6.45) is 0. The maximum absolute atomic E-state index is 13.7. The van der Waals surface area contributed by atoms with Crippen LogP contribution < -0.4 is 15.6 Å². The van der Waals surface area contributed by atoms with Gasteiger partial charge in [0.1, 0.15) is 5.75 Å². The van der Waals surface area contributed by atoms with Gasteiger partial charge in [0.2, 0.25) is 5.88 Å². The van der Waals surface area contributed by atoms with Crippen LogP contribution in [-0.2, 0) is 6.54 Å². The Hall–Kier alpha value is -3.99. The number of benzene rings is 3. The van der Waals surface area contributed by atoms with Crippen molar-refractivity contribution in [2.24, 2.45) is 0 Å². The number of hydrogen-bond donors (Lipinski definition) is 1. The van der Waals surface area contributed by atoms with Crippen LogP contribution in [0.5, 0.6) is 5.75 Å². The van der Waals surface area contributed by atoms with Gasteiger partial charge in [-0.15, -0.1) is 0 Å². The predicted octanol–water partition coefficient (Wildman–Crippen LogP) is 6.80. The summed E-state index contributed by atoms with van der Waals surface area (Å²) in [6.45, 7) is 6.68. The smallest absolute Gasteiger partial charge is 0.262 e. The molecule has 0 bridgehead atoms. The zero-order valence-corrected chi connectivity index (χ0v) is 19.2. The van der Waals surface area contributed by atoms with Gasteiger partial charge in [-0.1, -0.05) is 42.0 Å². The van der Waals surface area contributed by atoms with E-state index < -0.39 is 0 Å². The van der Waals surface area contributed by atoms with Crippen molar-refractivity contribution in [3.8, 4) is 16.9 Å². The number of pyridine rings is 1. The number of aryl methyl sites for hydroxylation is 3. The standard InChI is InChI=1S/C28H26N2O3/c1-5-30-23-12-7-6-11-21(23)26-25(28(30)31)24(19-9-8-10-20(16-19)32-4)27(33-26)29-22-14-13-17(2)15-18(22)3/h6-16,29H,5H2,1-4H3. The van der Waals surface area contributed by atoms with E-state index in [1.54, 1.807) is 11.7 Å². The second-order valence-electron chi connectivity index (χ2n) is 8.25. The second-order valence-corrected chi connectivity index (χ2v) is 8.25. The first-order valence-corrected chi connectivity index (χ1v) is 11.1. The van der Waals surface area contributed by atoms with Gasteiger partial charge in [0.15, 0.2) is 5.58 Å². The maximum atomic E-state index is 13.7. The molecule has 0 saturated carbocycles. The van der Waals surface area contributed by atoms with Gasteiger partial charge in [0, 0.05) is 17.6 Å². The van der Waals surface area contributed by atoms with Crippen LogP contribution in [0.4, 0.5) is 11.6 Å². The number of rotatable bonds is 5. The Labute approximate surface area is 192 Å². The first-order valence-electron chi connectivity index (χ1n) is 11.1. The molecule has 33 heavy (non-hydrogen) atoms. The molecule has 5 heteroatoms. The monoisotopic (exact) mass is 438 g/mol. The summed E-state index contributed by atoms with van der Waals surface area (Å²) in [5, 5.41) is 4.94. The highest BCUT2D eigenvalue weighted by Gasteiger charge is 2.23. The molecule has 5 aromatic rings. The van der Waals surface area contributed by atoms with E-state index >= 15 is 0 Å². The normalized spacial score (nSPS) is 11.3. The Bertz CT molecular complexity index is 1560. The third-order valence-electron chi connectivity index (χ3n) is 6.11. The van der Waals surface area contributed by atoms with Gasteiger partial charge in [-0.25, -0.2) is 0 Å². The van der Waals surface area contributed by atoms with E-state index in [1.165, 1.54) is 5.56 Å². The fourth-order valence-corrected chi connectivity index (χ4v) is 4.50. The van der Waals surface area contributed by atoms with Crippen molar-refractivity contribution < 1.29 is 9.15 Å². The van der Waals surface area contributed by atoms with E-state index in [2.05, 4.69) is 31.3 Å². The molecule has 2 heterocycles. The number of para-hydroxylation sites is 1. The lowest BCUT2D eigenvalue weighted by Crippen LogP contribution is -2.19. The third kappa shape index (κ3) is 3.46. The molecule has 0 amide bonds. The van der Waals surface area contributed by atoms with Gasteiger partial charge in [-0.05, 0) is 62.2 Å². The minimum absolute atomic E-state index is 0.0681. The lowest BCUT2D eigenvalue weighted by atomic mass is 10.0. The van der Waals surface area contributed by atoms with Crippen LogP contribution in [-0.4, -0.2) is 11.7 Å². The Morgan fingerprint density at radius 2 is 1.82 bits per heavy atom.